The summed E-state index contributed by atoms with van der Waals surface area (Å²) in [4.78, 5) is 31.4. The minimum absolute atomic E-state index is 0.0537. The lowest BCUT2D eigenvalue weighted by Crippen LogP contribution is -2.48. The molecule has 3 aromatic rings. The zero-order valence-electron chi connectivity index (χ0n) is 20.0. The van der Waals surface area contributed by atoms with E-state index in [0.29, 0.717) is 41.9 Å². The minimum atomic E-state index is -0.339. The van der Waals surface area contributed by atoms with E-state index in [-0.39, 0.29) is 31.0 Å². The highest BCUT2D eigenvalue weighted by Crippen LogP contribution is 2.41. The van der Waals surface area contributed by atoms with E-state index in [9.17, 15) is 9.59 Å². The molecule has 2 amide bonds. The molecule has 0 N–H and O–H groups in total. The van der Waals surface area contributed by atoms with Crippen LogP contribution in [0, 0.1) is 0 Å². The molecule has 190 valence electrons. The number of hydrogen-bond acceptors (Lipinski definition) is 5. The molecule has 2 aromatic carbocycles. The van der Waals surface area contributed by atoms with Crippen molar-refractivity contribution in [3.8, 4) is 5.75 Å². The molecule has 1 aliphatic heterocycles. The molecule has 0 bridgehead atoms. The number of fused-ring (bicyclic) bond motifs is 1. The monoisotopic (exact) mass is 546 g/mol. The van der Waals surface area contributed by atoms with Gasteiger partial charge in [0.25, 0.3) is 5.91 Å². The topological polar surface area (TPSA) is 59.1 Å². The van der Waals surface area contributed by atoms with Gasteiger partial charge in [-0.15, -0.1) is 11.3 Å². The Labute approximate surface area is 225 Å². The van der Waals surface area contributed by atoms with Crippen molar-refractivity contribution in [2.24, 2.45) is 0 Å². The number of rotatable bonds is 10. The minimum Gasteiger partial charge on any atom is -0.484 e. The predicted octanol–water partition coefficient (Wildman–Crippen LogP) is 5.47. The molecule has 0 saturated heterocycles. The summed E-state index contributed by atoms with van der Waals surface area (Å²) in [5.41, 5.74) is 1.88. The van der Waals surface area contributed by atoms with E-state index in [0.717, 1.165) is 17.5 Å². The SMILES string of the molecule is COCCCN(CC(=O)N1CCc2sccc2C1c1ccc(Cl)cc1Cl)C(=O)COc1ccccc1. The summed E-state index contributed by atoms with van der Waals surface area (Å²) in [6.45, 7) is 1.22. The van der Waals surface area contributed by atoms with Crippen molar-refractivity contribution in [1.82, 2.24) is 9.80 Å². The van der Waals surface area contributed by atoms with Crippen molar-refractivity contribution in [2.75, 3.05) is 40.0 Å². The fourth-order valence-corrected chi connectivity index (χ4v) is 5.76. The molecule has 9 heteroatoms. The van der Waals surface area contributed by atoms with Gasteiger partial charge in [-0.2, -0.15) is 0 Å². The number of ether oxygens (including phenoxy) is 2. The zero-order valence-corrected chi connectivity index (χ0v) is 22.3. The van der Waals surface area contributed by atoms with Gasteiger partial charge in [0, 0.05) is 41.7 Å². The number of carbonyl (C=O) groups is 2. The molecule has 1 aliphatic rings. The highest BCUT2D eigenvalue weighted by Gasteiger charge is 2.35. The van der Waals surface area contributed by atoms with Gasteiger partial charge in [0.05, 0.1) is 12.6 Å². The summed E-state index contributed by atoms with van der Waals surface area (Å²) in [6.07, 6.45) is 1.37. The van der Waals surface area contributed by atoms with Crippen LogP contribution in [-0.2, 0) is 20.7 Å². The first-order chi connectivity index (χ1) is 17.5. The Morgan fingerprint density at radius 2 is 1.92 bits per heavy atom. The van der Waals surface area contributed by atoms with Crippen molar-refractivity contribution in [1.29, 1.82) is 0 Å². The van der Waals surface area contributed by atoms with Crippen LogP contribution in [0.2, 0.25) is 10.0 Å². The van der Waals surface area contributed by atoms with Crippen molar-refractivity contribution in [3.63, 3.8) is 0 Å². The Morgan fingerprint density at radius 1 is 1.11 bits per heavy atom. The Hall–Kier alpha value is -2.58. The van der Waals surface area contributed by atoms with Gasteiger partial charge >= 0.3 is 0 Å². The first kappa shape index (κ1) is 26.5. The third kappa shape index (κ3) is 6.40. The van der Waals surface area contributed by atoms with E-state index >= 15 is 0 Å². The molecule has 0 fully saturated rings. The molecule has 4 rings (SSSR count). The number of amides is 2. The van der Waals surface area contributed by atoms with Gasteiger partial charge < -0.3 is 19.3 Å². The molecular formula is C27H28Cl2N2O4S. The number of thiophene rings is 1. The van der Waals surface area contributed by atoms with Gasteiger partial charge in [-0.25, -0.2) is 0 Å². The number of para-hydroxylation sites is 1. The van der Waals surface area contributed by atoms with Crippen LogP contribution < -0.4 is 4.74 Å². The number of nitrogens with zero attached hydrogens (tertiary/aromatic N) is 2. The molecule has 36 heavy (non-hydrogen) atoms. The van der Waals surface area contributed by atoms with Crippen LogP contribution in [0.25, 0.3) is 0 Å². The van der Waals surface area contributed by atoms with Crippen LogP contribution in [0.1, 0.15) is 28.5 Å². The smallest absolute Gasteiger partial charge is 0.260 e. The number of carbonyl (C=O) groups excluding carboxylic acids is 2. The second-order valence-electron chi connectivity index (χ2n) is 8.47. The van der Waals surface area contributed by atoms with Crippen molar-refractivity contribution in [3.05, 3.63) is 86.0 Å². The fraction of sp³-hybridized carbons (Fsp3) is 0.333. The van der Waals surface area contributed by atoms with Crippen LogP contribution in [0.5, 0.6) is 5.75 Å². The van der Waals surface area contributed by atoms with Gasteiger partial charge in [-0.1, -0.05) is 47.5 Å². The molecular weight excluding hydrogens is 519 g/mol. The standard InChI is InChI=1S/C27H28Cl2N2O4S/c1-34-14-5-12-30(26(33)18-35-20-6-3-2-4-7-20)17-25(32)31-13-10-24-22(11-15-36-24)27(31)21-9-8-19(28)16-23(21)29/h2-4,6-9,11,15-16,27H,5,10,12-14,17-18H2,1H3. The van der Waals surface area contributed by atoms with Crippen LogP contribution in [-0.4, -0.2) is 61.6 Å². The first-order valence-corrected chi connectivity index (χ1v) is 13.4. The van der Waals surface area contributed by atoms with Crippen molar-refractivity contribution >= 4 is 46.4 Å². The average molecular weight is 548 g/mol. The van der Waals surface area contributed by atoms with Crippen LogP contribution >= 0.6 is 34.5 Å². The summed E-state index contributed by atoms with van der Waals surface area (Å²) < 4.78 is 10.8. The lowest BCUT2D eigenvalue weighted by atomic mass is 9.93. The Kier molecular flexibility index (Phi) is 9.26. The zero-order chi connectivity index (χ0) is 25.5. The summed E-state index contributed by atoms with van der Waals surface area (Å²) in [5, 5.41) is 3.08. The van der Waals surface area contributed by atoms with E-state index in [1.807, 2.05) is 40.6 Å². The molecule has 0 saturated carbocycles. The Bertz CT molecular complexity index is 1190. The number of hydrogen-bond donors (Lipinski definition) is 0. The van der Waals surface area contributed by atoms with Crippen molar-refractivity contribution < 1.29 is 19.1 Å². The highest BCUT2D eigenvalue weighted by atomic mass is 35.5. The van der Waals surface area contributed by atoms with Gasteiger partial charge in [0.2, 0.25) is 5.91 Å². The first-order valence-electron chi connectivity index (χ1n) is 11.7. The van der Waals surface area contributed by atoms with Crippen LogP contribution in [0.4, 0.5) is 0 Å². The molecule has 1 atom stereocenters. The van der Waals surface area contributed by atoms with Gasteiger partial charge in [0.15, 0.2) is 6.61 Å². The summed E-state index contributed by atoms with van der Waals surface area (Å²) in [5.74, 6) is 0.207. The maximum Gasteiger partial charge on any atom is 0.260 e. The maximum atomic E-state index is 13.7. The maximum absolute atomic E-state index is 13.7. The van der Waals surface area contributed by atoms with Gasteiger partial charge in [-0.05, 0) is 59.7 Å². The second kappa shape index (κ2) is 12.6. The molecule has 0 aliphatic carbocycles. The number of methoxy groups -OCH3 is 1. The third-order valence-electron chi connectivity index (χ3n) is 6.10. The normalized spacial score (nSPS) is 14.9. The van der Waals surface area contributed by atoms with Gasteiger partial charge in [-0.3, -0.25) is 9.59 Å². The fourth-order valence-electron chi connectivity index (χ4n) is 4.34. The Morgan fingerprint density at radius 3 is 2.67 bits per heavy atom. The van der Waals surface area contributed by atoms with Crippen molar-refractivity contribution in [2.45, 2.75) is 18.9 Å². The Balaban J connectivity index is 1.54. The molecule has 1 aromatic heterocycles. The van der Waals surface area contributed by atoms with E-state index < -0.39 is 0 Å². The van der Waals surface area contributed by atoms with Gasteiger partial charge in [0.1, 0.15) is 5.75 Å². The lowest BCUT2D eigenvalue weighted by Gasteiger charge is -2.38. The van der Waals surface area contributed by atoms with E-state index in [1.54, 1.807) is 47.6 Å². The predicted molar refractivity (Wildman–Crippen MR) is 143 cm³/mol. The highest BCUT2D eigenvalue weighted by molar-refractivity contribution is 7.10. The van der Waals surface area contributed by atoms with Crippen LogP contribution in [0.15, 0.2) is 60.0 Å². The molecule has 0 radical (unpaired) electrons. The molecule has 2 heterocycles. The molecule has 1 unspecified atom stereocenters. The number of halogens is 2. The third-order valence-corrected chi connectivity index (χ3v) is 7.66. The summed E-state index contributed by atoms with van der Waals surface area (Å²) in [6, 6.07) is 16.2. The summed E-state index contributed by atoms with van der Waals surface area (Å²) in [7, 11) is 1.61. The van der Waals surface area contributed by atoms with E-state index in [2.05, 4.69) is 0 Å². The second-order valence-corrected chi connectivity index (χ2v) is 10.3. The summed E-state index contributed by atoms with van der Waals surface area (Å²) >= 11 is 14.4. The average Bonchev–Trinajstić information content (AvgIpc) is 3.36. The quantitative estimate of drug-likeness (QED) is 0.316. The van der Waals surface area contributed by atoms with E-state index in [4.69, 9.17) is 32.7 Å². The molecule has 6 nitrogen and oxygen atoms in total. The number of benzene rings is 2. The van der Waals surface area contributed by atoms with E-state index in [1.165, 1.54) is 4.88 Å². The van der Waals surface area contributed by atoms with Crippen LogP contribution in [0.3, 0.4) is 0 Å². The lowest BCUT2D eigenvalue weighted by molar-refractivity contribution is -0.143. The largest absolute Gasteiger partial charge is 0.484 e. The molecule has 0 spiro atoms.